The Labute approximate surface area is 113 Å². The van der Waals surface area contributed by atoms with E-state index < -0.39 is 0 Å². The molecular formula is C11H12BrN3OS. The van der Waals surface area contributed by atoms with Crippen molar-refractivity contribution < 1.29 is 4.74 Å². The second kappa shape index (κ2) is 6.52. The van der Waals surface area contributed by atoms with Crippen LogP contribution < -0.4 is 10.1 Å². The zero-order valence-electron chi connectivity index (χ0n) is 9.74. The van der Waals surface area contributed by atoms with E-state index in [1.54, 1.807) is 7.11 Å². The van der Waals surface area contributed by atoms with Crippen molar-refractivity contribution in [3.8, 4) is 11.9 Å². The number of amidine groups is 1. The summed E-state index contributed by atoms with van der Waals surface area (Å²) in [6.07, 6.45) is 3.71. The third-order valence-corrected chi connectivity index (χ3v) is 3.13. The van der Waals surface area contributed by atoms with Crippen molar-refractivity contribution in [3.05, 3.63) is 22.2 Å². The summed E-state index contributed by atoms with van der Waals surface area (Å²) >= 11 is 4.77. The number of thioether (sulfide) groups is 1. The minimum atomic E-state index is 0.552. The summed E-state index contributed by atoms with van der Waals surface area (Å²) in [7, 11) is 1.62. The smallest absolute Gasteiger partial charge is 0.183 e. The molecule has 0 spiro atoms. The predicted octanol–water partition coefficient (Wildman–Crippen LogP) is 3.19. The molecule has 0 heterocycles. The summed E-state index contributed by atoms with van der Waals surface area (Å²) in [4.78, 5) is 4.37. The molecule has 0 aromatic heterocycles. The first kappa shape index (κ1) is 13.9. The van der Waals surface area contributed by atoms with E-state index in [0.717, 1.165) is 21.5 Å². The summed E-state index contributed by atoms with van der Waals surface area (Å²) < 4.78 is 6.14. The first-order valence-corrected chi connectivity index (χ1v) is 6.76. The van der Waals surface area contributed by atoms with E-state index in [1.807, 2.05) is 31.5 Å². The van der Waals surface area contributed by atoms with Gasteiger partial charge >= 0.3 is 0 Å². The van der Waals surface area contributed by atoms with Crippen LogP contribution >= 0.6 is 27.7 Å². The third-order valence-electron chi connectivity index (χ3n) is 2.10. The van der Waals surface area contributed by atoms with Crippen LogP contribution in [-0.4, -0.2) is 18.5 Å². The maximum atomic E-state index is 8.58. The summed E-state index contributed by atoms with van der Waals surface area (Å²) in [5.74, 6) is 0.760. The monoisotopic (exact) mass is 313 g/mol. The van der Waals surface area contributed by atoms with Crippen molar-refractivity contribution in [3.63, 3.8) is 0 Å². The van der Waals surface area contributed by atoms with Crippen LogP contribution in [0.15, 0.2) is 21.6 Å². The minimum absolute atomic E-state index is 0.552. The van der Waals surface area contributed by atoms with Crippen LogP contribution in [-0.2, 0) is 0 Å². The molecule has 90 valence electrons. The molecule has 0 aliphatic heterocycles. The summed E-state index contributed by atoms with van der Waals surface area (Å²) in [6, 6.07) is 3.76. The number of hydrogen-bond acceptors (Lipinski definition) is 4. The molecule has 0 aliphatic carbocycles. The number of benzene rings is 1. The number of ether oxygens (including phenoxy) is 1. The number of aliphatic imine (C=N–C) groups is 1. The SMILES string of the molecule is COc1cc(Br)cc(N=C(NC#N)SC)c1C. The van der Waals surface area contributed by atoms with Crippen LogP contribution in [0.2, 0.25) is 0 Å². The van der Waals surface area contributed by atoms with Gasteiger partial charge in [-0.05, 0) is 25.3 Å². The zero-order valence-corrected chi connectivity index (χ0v) is 12.1. The molecule has 0 atom stereocenters. The van der Waals surface area contributed by atoms with Gasteiger partial charge in [-0.25, -0.2) is 4.99 Å². The standard InChI is InChI=1S/C11H12BrN3OS/c1-7-9(15-11(17-3)14-6-13)4-8(12)5-10(7)16-2/h4-5H,1-3H3,(H,14,15). The van der Waals surface area contributed by atoms with Gasteiger partial charge in [0.2, 0.25) is 0 Å². The van der Waals surface area contributed by atoms with Gasteiger partial charge in [0.25, 0.3) is 0 Å². The highest BCUT2D eigenvalue weighted by atomic mass is 79.9. The average Bonchev–Trinajstić information content (AvgIpc) is 2.32. The van der Waals surface area contributed by atoms with Crippen LogP contribution in [0.3, 0.4) is 0 Å². The zero-order chi connectivity index (χ0) is 12.8. The Bertz CT molecular complexity index is 482. The molecule has 1 aromatic carbocycles. The number of nitrogens with zero attached hydrogens (tertiary/aromatic N) is 2. The third kappa shape index (κ3) is 3.65. The maximum Gasteiger partial charge on any atom is 0.183 e. The maximum absolute atomic E-state index is 8.58. The molecular weight excluding hydrogens is 302 g/mol. The van der Waals surface area contributed by atoms with E-state index in [-0.39, 0.29) is 0 Å². The van der Waals surface area contributed by atoms with Crippen LogP contribution in [0.5, 0.6) is 5.75 Å². The number of nitrogens with one attached hydrogen (secondary N) is 1. The van der Waals surface area contributed by atoms with Gasteiger partial charge in [0.1, 0.15) is 5.75 Å². The lowest BCUT2D eigenvalue weighted by atomic mass is 10.2. The molecule has 4 nitrogen and oxygen atoms in total. The molecule has 0 saturated carbocycles. The first-order valence-electron chi connectivity index (χ1n) is 4.74. The molecule has 1 rings (SSSR count). The van der Waals surface area contributed by atoms with Gasteiger partial charge in [-0.15, -0.1) is 0 Å². The molecule has 0 aliphatic rings. The molecule has 0 radical (unpaired) electrons. The highest BCUT2D eigenvalue weighted by Gasteiger charge is 2.07. The van der Waals surface area contributed by atoms with Gasteiger partial charge in [0.15, 0.2) is 11.4 Å². The quantitative estimate of drug-likeness (QED) is 0.394. The van der Waals surface area contributed by atoms with E-state index in [4.69, 9.17) is 10.00 Å². The predicted molar refractivity (Wildman–Crippen MR) is 74.8 cm³/mol. The van der Waals surface area contributed by atoms with Crippen molar-refractivity contribution in [2.45, 2.75) is 6.92 Å². The average molecular weight is 314 g/mol. The number of nitriles is 1. The fraction of sp³-hybridized carbons (Fsp3) is 0.273. The second-order valence-electron chi connectivity index (χ2n) is 3.11. The number of methoxy groups -OCH3 is 1. The molecule has 0 saturated heterocycles. The number of halogens is 1. The fourth-order valence-electron chi connectivity index (χ4n) is 1.25. The molecule has 0 bridgehead atoms. The molecule has 0 unspecified atom stereocenters. The largest absolute Gasteiger partial charge is 0.496 e. The Morgan fingerprint density at radius 3 is 2.82 bits per heavy atom. The summed E-state index contributed by atoms with van der Waals surface area (Å²) in [5.41, 5.74) is 1.70. The lowest BCUT2D eigenvalue weighted by Gasteiger charge is -2.09. The van der Waals surface area contributed by atoms with Crippen molar-refractivity contribution in [2.24, 2.45) is 4.99 Å². The Hall–Kier alpha value is -1.19. The molecule has 0 amide bonds. The van der Waals surface area contributed by atoms with Gasteiger partial charge in [0, 0.05) is 10.0 Å². The van der Waals surface area contributed by atoms with E-state index in [9.17, 15) is 0 Å². The van der Waals surface area contributed by atoms with E-state index in [1.165, 1.54) is 11.8 Å². The van der Waals surface area contributed by atoms with E-state index in [0.29, 0.717) is 5.17 Å². The van der Waals surface area contributed by atoms with Crippen LogP contribution in [0.25, 0.3) is 0 Å². The molecule has 1 N–H and O–H groups in total. The van der Waals surface area contributed by atoms with Crippen LogP contribution in [0.4, 0.5) is 5.69 Å². The second-order valence-corrected chi connectivity index (χ2v) is 4.82. The lowest BCUT2D eigenvalue weighted by molar-refractivity contribution is 0.411. The highest BCUT2D eigenvalue weighted by Crippen LogP contribution is 2.32. The van der Waals surface area contributed by atoms with Crippen molar-refractivity contribution in [2.75, 3.05) is 13.4 Å². The van der Waals surface area contributed by atoms with Crippen molar-refractivity contribution in [1.82, 2.24) is 5.32 Å². The van der Waals surface area contributed by atoms with Gasteiger partial charge in [-0.3, -0.25) is 5.32 Å². The number of rotatable bonds is 2. The lowest BCUT2D eigenvalue weighted by Crippen LogP contribution is -2.12. The number of hydrogen-bond donors (Lipinski definition) is 1. The van der Waals surface area contributed by atoms with E-state index >= 15 is 0 Å². The van der Waals surface area contributed by atoms with Crippen molar-refractivity contribution in [1.29, 1.82) is 5.26 Å². The normalized spacial score (nSPS) is 10.9. The highest BCUT2D eigenvalue weighted by molar-refractivity contribution is 9.10. The van der Waals surface area contributed by atoms with Gasteiger partial charge in [0.05, 0.1) is 12.8 Å². The van der Waals surface area contributed by atoms with Crippen LogP contribution in [0, 0.1) is 18.4 Å². The fourth-order valence-corrected chi connectivity index (χ4v) is 2.01. The Morgan fingerprint density at radius 2 is 2.29 bits per heavy atom. The Balaban J connectivity index is 3.22. The first-order chi connectivity index (χ1) is 8.12. The van der Waals surface area contributed by atoms with Gasteiger partial charge in [-0.1, -0.05) is 27.7 Å². The van der Waals surface area contributed by atoms with E-state index in [2.05, 4.69) is 26.2 Å². The summed E-state index contributed by atoms with van der Waals surface area (Å²) in [5, 5.41) is 11.7. The summed E-state index contributed by atoms with van der Waals surface area (Å²) in [6.45, 7) is 1.93. The molecule has 6 heteroatoms. The molecule has 17 heavy (non-hydrogen) atoms. The van der Waals surface area contributed by atoms with Gasteiger partial charge < -0.3 is 4.74 Å². The molecule has 0 fully saturated rings. The Kier molecular flexibility index (Phi) is 5.32. The minimum Gasteiger partial charge on any atom is -0.496 e. The van der Waals surface area contributed by atoms with Crippen molar-refractivity contribution >= 4 is 38.5 Å². The molecule has 1 aromatic rings. The van der Waals surface area contributed by atoms with Crippen LogP contribution in [0.1, 0.15) is 5.56 Å². The Morgan fingerprint density at radius 1 is 1.59 bits per heavy atom. The van der Waals surface area contributed by atoms with Gasteiger partial charge in [-0.2, -0.15) is 5.26 Å². The topological polar surface area (TPSA) is 57.4 Å².